The Labute approximate surface area is 150 Å². The van der Waals surface area contributed by atoms with Crippen molar-refractivity contribution in [2.24, 2.45) is 11.8 Å². The largest absolute Gasteiger partial charge is 0.504 e. The van der Waals surface area contributed by atoms with Crippen molar-refractivity contribution in [3.05, 3.63) is 47.5 Å². The number of hydrogen-bond donors (Lipinski definition) is 5. The summed E-state index contributed by atoms with van der Waals surface area (Å²) in [6.45, 7) is 0.00153. The summed E-state index contributed by atoms with van der Waals surface area (Å²) < 4.78 is 10.9. The van der Waals surface area contributed by atoms with Gasteiger partial charge in [-0.05, 0) is 35.4 Å². The van der Waals surface area contributed by atoms with Crippen molar-refractivity contribution in [3.8, 4) is 23.0 Å². The lowest BCUT2D eigenvalue weighted by molar-refractivity contribution is 0.0632. The van der Waals surface area contributed by atoms with Crippen molar-refractivity contribution in [2.45, 2.75) is 12.2 Å². The predicted octanol–water partition coefficient (Wildman–Crippen LogP) is 1.84. The molecule has 7 heteroatoms. The van der Waals surface area contributed by atoms with Crippen molar-refractivity contribution in [2.75, 3.05) is 20.3 Å². The molecule has 0 saturated carbocycles. The van der Waals surface area contributed by atoms with Gasteiger partial charge in [0.05, 0.1) is 25.9 Å². The summed E-state index contributed by atoms with van der Waals surface area (Å²) >= 11 is 0. The van der Waals surface area contributed by atoms with Crippen molar-refractivity contribution in [1.29, 1.82) is 0 Å². The Kier molecular flexibility index (Phi) is 5.22. The van der Waals surface area contributed by atoms with Gasteiger partial charge in [-0.2, -0.15) is 0 Å². The van der Waals surface area contributed by atoms with Crippen LogP contribution in [0.15, 0.2) is 36.4 Å². The molecule has 2 aromatic carbocycles. The van der Waals surface area contributed by atoms with E-state index < -0.39 is 24.0 Å². The average Bonchev–Trinajstić information content (AvgIpc) is 3.07. The van der Waals surface area contributed by atoms with Crippen molar-refractivity contribution < 1.29 is 35.0 Å². The molecule has 3 rings (SSSR count). The van der Waals surface area contributed by atoms with Crippen LogP contribution in [0.25, 0.3) is 0 Å². The second-order valence-electron chi connectivity index (χ2n) is 6.39. The summed E-state index contributed by atoms with van der Waals surface area (Å²) in [4.78, 5) is 0. The molecule has 0 bridgehead atoms. The van der Waals surface area contributed by atoms with E-state index in [1.165, 1.54) is 31.4 Å². The van der Waals surface area contributed by atoms with Crippen LogP contribution in [-0.4, -0.2) is 45.9 Å². The molecular weight excluding hydrogens is 340 g/mol. The molecule has 1 saturated heterocycles. The molecule has 1 aliphatic rings. The first-order valence-electron chi connectivity index (χ1n) is 8.25. The maximum Gasteiger partial charge on any atom is 0.160 e. The van der Waals surface area contributed by atoms with Gasteiger partial charge in [0.1, 0.15) is 0 Å². The quantitative estimate of drug-likeness (QED) is 0.515. The minimum atomic E-state index is -0.984. The number of benzene rings is 2. The maximum absolute atomic E-state index is 10.7. The molecule has 26 heavy (non-hydrogen) atoms. The van der Waals surface area contributed by atoms with Crippen LogP contribution in [-0.2, 0) is 4.74 Å². The van der Waals surface area contributed by atoms with Crippen molar-refractivity contribution in [3.63, 3.8) is 0 Å². The van der Waals surface area contributed by atoms with E-state index in [0.717, 1.165) is 5.56 Å². The zero-order valence-electron chi connectivity index (χ0n) is 14.2. The Morgan fingerprint density at radius 3 is 2.46 bits per heavy atom. The zero-order chi connectivity index (χ0) is 18.8. The summed E-state index contributed by atoms with van der Waals surface area (Å²) in [5.41, 5.74) is 1.15. The highest BCUT2D eigenvalue weighted by atomic mass is 16.5. The fourth-order valence-electron chi connectivity index (χ4n) is 3.43. The Morgan fingerprint density at radius 2 is 1.81 bits per heavy atom. The highest BCUT2D eigenvalue weighted by Gasteiger charge is 2.42. The number of methoxy groups -OCH3 is 1. The van der Waals surface area contributed by atoms with Gasteiger partial charge < -0.3 is 35.0 Å². The zero-order valence-corrected chi connectivity index (χ0v) is 14.2. The highest BCUT2D eigenvalue weighted by Crippen LogP contribution is 2.45. The number of aliphatic hydroxyl groups is 2. The van der Waals surface area contributed by atoms with Gasteiger partial charge >= 0.3 is 0 Å². The molecule has 1 fully saturated rings. The normalized spacial score (nSPS) is 23.7. The molecular formula is C19H22O7. The third kappa shape index (κ3) is 3.29. The van der Waals surface area contributed by atoms with Crippen LogP contribution in [0.3, 0.4) is 0 Å². The molecule has 140 valence electrons. The van der Waals surface area contributed by atoms with Gasteiger partial charge in [0, 0.05) is 18.4 Å². The first-order valence-corrected chi connectivity index (χ1v) is 8.25. The van der Waals surface area contributed by atoms with Crippen LogP contribution >= 0.6 is 0 Å². The highest BCUT2D eigenvalue weighted by molar-refractivity contribution is 5.43. The topological polar surface area (TPSA) is 120 Å². The lowest BCUT2D eigenvalue weighted by atomic mass is 9.82. The van der Waals surface area contributed by atoms with E-state index in [4.69, 9.17) is 9.47 Å². The van der Waals surface area contributed by atoms with E-state index in [-0.39, 0.29) is 30.5 Å². The third-order valence-corrected chi connectivity index (χ3v) is 4.90. The first-order chi connectivity index (χ1) is 12.5. The Balaban J connectivity index is 1.85. The van der Waals surface area contributed by atoms with Gasteiger partial charge in [0.2, 0.25) is 0 Å². The third-order valence-electron chi connectivity index (χ3n) is 4.90. The number of rotatable bonds is 5. The molecule has 7 nitrogen and oxygen atoms in total. The van der Waals surface area contributed by atoms with E-state index in [9.17, 15) is 25.5 Å². The fraction of sp³-hybridized carbons (Fsp3) is 0.368. The molecule has 1 heterocycles. The number of aromatic hydroxyl groups is 3. The van der Waals surface area contributed by atoms with Crippen LogP contribution in [0.4, 0.5) is 0 Å². The Bertz CT molecular complexity index is 776. The minimum absolute atomic E-state index is 0.00551. The van der Waals surface area contributed by atoms with Crippen LogP contribution in [0, 0.1) is 11.8 Å². The number of phenolic OH excluding ortho intramolecular Hbond substituents is 3. The maximum atomic E-state index is 10.7. The lowest BCUT2D eigenvalue weighted by Gasteiger charge is -2.25. The SMILES string of the molecule is COc1cc(C2OCC(C(O)c3ccc(O)c(O)c3)C2CO)ccc1O. The van der Waals surface area contributed by atoms with Crippen LogP contribution < -0.4 is 4.74 Å². The van der Waals surface area contributed by atoms with Crippen molar-refractivity contribution in [1.82, 2.24) is 0 Å². The minimum Gasteiger partial charge on any atom is -0.504 e. The number of hydrogen-bond acceptors (Lipinski definition) is 7. The number of ether oxygens (including phenoxy) is 2. The Morgan fingerprint density at radius 1 is 1.08 bits per heavy atom. The summed E-state index contributed by atoms with van der Waals surface area (Å²) in [5.74, 6) is -1.08. The molecule has 5 N–H and O–H groups in total. The second kappa shape index (κ2) is 7.41. The Hall–Kier alpha value is -2.48. The molecule has 4 atom stereocenters. The van der Waals surface area contributed by atoms with Gasteiger partial charge in [0.25, 0.3) is 0 Å². The average molecular weight is 362 g/mol. The fourth-order valence-corrected chi connectivity index (χ4v) is 3.43. The lowest BCUT2D eigenvalue weighted by Crippen LogP contribution is -2.25. The van der Waals surface area contributed by atoms with Crippen LogP contribution in [0.2, 0.25) is 0 Å². The van der Waals surface area contributed by atoms with E-state index in [2.05, 4.69) is 0 Å². The monoisotopic (exact) mass is 362 g/mol. The smallest absolute Gasteiger partial charge is 0.160 e. The van der Waals surface area contributed by atoms with E-state index >= 15 is 0 Å². The van der Waals surface area contributed by atoms with Gasteiger partial charge in [0.15, 0.2) is 23.0 Å². The molecule has 0 aromatic heterocycles. The van der Waals surface area contributed by atoms with E-state index in [1.807, 2.05) is 0 Å². The molecule has 4 unspecified atom stereocenters. The summed E-state index contributed by atoms with van der Waals surface area (Å²) in [5, 5.41) is 49.4. The summed E-state index contributed by atoms with van der Waals surface area (Å²) in [6, 6.07) is 8.94. The van der Waals surface area contributed by atoms with E-state index in [1.54, 1.807) is 12.1 Å². The van der Waals surface area contributed by atoms with Crippen LogP contribution in [0.5, 0.6) is 23.0 Å². The van der Waals surface area contributed by atoms with Gasteiger partial charge in [-0.1, -0.05) is 12.1 Å². The number of aliphatic hydroxyl groups excluding tert-OH is 2. The standard InChI is InChI=1S/C19H22O7/c1-25-17-7-11(3-5-15(17)22)19-12(8-20)13(9-26-19)18(24)10-2-4-14(21)16(23)6-10/h2-7,12-13,18-24H,8-9H2,1H3. The molecule has 0 amide bonds. The van der Waals surface area contributed by atoms with Gasteiger partial charge in [-0.15, -0.1) is 0 Å². The second-order valence-corrected chi connectivity index (χ2v) is 6.39. The summed E-state index contributed by atoms with van der Waals surface area (Å²) in [7, 11) is 1.45. The van der Waals surface area contributed by atoms with Crippen LogP contribution in [0.1, 0.15) is 23.3 Å². The van der Waals surface area contributed by atoms with Gasteiger partial charge in [-0.3, -0.25) is 0 Å². The van der Waals surface area contributed by atoms with Crippen molar-refractivity contribution >= 4 is 0 Å². The summed E-state index contributed by atoms with van der Waals surface area (Å²) in [6.07, 6.45) is -1.46. The number of phenols is 3. The van der Waals surface area contributed by atoms with Gasteiger partial charge in [-0.25, -0.2) is 0 Å². The molecule has 2 aromatic rings. The van der Waals surface area contributed by atoms with E-state index in [0.29, 0.717) is 11.3 Å². The predicted molar refractivity (Wildman–Crippen MR) is 92.1 cm³/mol. The molecule has 1 aliphatic heterocycles. The first kappa shape index (κ1) is 18.3. The molecule has 0 spiro atoms. The molecule has 0 radical (unpaired) electrons. The molecule has 0 aliphatic carbocycles.